The average molecular weight is 308 g/mol. The van der Waals surface area contributed by atoms with Crippen molar-refractivity contribution < 1.29 is 19.4 Å². The number of allylic oxidation sites excluding steroid dienone is 1. The van der Waals surface area contributed by atoms with Gasteiger partial charge in [-0.05, 0) is 62.9 Å². The van der Waals surface area contributed by atoms with E-state index < -0.39 is 5.97 Å². The highest BCUT2D eigenvalue weighted by atomic mass is 16.5. The number of hydrogen-bond acceptors (Lipinski definition) is 3. The quantitative estimate of drug-likeness (QED) is 0.633. The Balaban J connectivity index is 1.84. The van der Waals surface area contributed by atoms with Crippen molar-refractivity contribution in [2.24, 2.45) is 23.7 Å². The molecule has 1 saturated carbocycles. The van der Waals surface area contributed by atoms with Crippen LogP contribution in [0, 0.1) is 23.7 Å². The van der Waals surface area contributed by atoms with Crippen molar-refractivity contribution in [1.82, 2.24) is 0 Å². The van der Waals surface area contributed by atoms with Crippen LogP contribution in [-0.4, -0.2) is 23.7 Å². The third kappa shape index (κ3) is 4.11. The first-order chi connectivity index (χ1) is 10.4. The van der Waals surface area contributed by atoms with Crippen LogP contribution in [0.2, 0.25) is 0 Å². The largest absolute Gasteiger partial charge is 0.481 e. The van der Waals surface area contributed by atoms with Gasteiger partial charge in [-0.1, -0.05) is 19.4 Å². The maximum absolute atomic E-state index is 12.2. The lowest BCUT2D eigenvalue weighted by Gasteiger charge is -2.31. The summed E-state index contributed by atoms with van der Waals surface area (Å²) in [6.07, 6.45) is 4.93. The third-order valence-corrected chi connectivity index (χ3v) is 5.62. The molecule has 2 aliphatic rings. The molecule has 0 aromatic carbocycles. The summed E-state index contributed by atoms with van der Waals surface area (Å²) in [4.78, 5) is 23.3. The van der Waals surface area contributed by atoms with E-state index in [1.54, 1.807) is 0 Å². The lowest BCUT2D eigenvalue weighted by Crippen LogP contribution is -2.28. The fourth-order valence-electron chi connectivity index (χ4n) is 3.62. The lowest BCUT2D eigenvalue weighted by molar-refractivity contribution is -0.150. The molecule has 0 aliphatic heterocycles. The van der Waals surface area contributed by atoms with Crippen molar-refractivity contribution >= 4 is 11.9 Å². The molecular formula is C18H28O4. The minimum absolute atomic E-state index is 0.0439. The van der Waals surface area contributed by atoms with Crippen LogP contribution in [0.25, 0.3) is 0 Å². The number of carbonyl (C=O) groups is 2. The molecule has 1 N–H and O–H groups in total. The molecule has 0 radical (unpaired) electrons. The van der Waals surface area contributed by atoms with E-state index in [-0.39, 0.29) is 17.8 Å². The maximum Gasteiger partial charge on any atom is 0.309 e. The van der Waals surface area contributed by atoms with E-state index in [4.69, 9.17) is 9.84 Å². The van der Waals surface area contributed by atoms with E-state index in [2.05, 4.69) is 13.8 Å². The van der Waals surface area contributed by atoms with Crippen molar-refractivity contribution in [3.63, 3.8) is 0 Å². The maximum atomic E-state index is 12.2. The molecule has 0 amide bonds. The molecule has 4 nitrogen and oxygen atoms in total. The predicted molar refractivity (Wildman–Crippen MR) is 84.3 cm³/mol. The number of hydrogen-bond donors (Lipinski definition) is 1. The second-order valence-corrected chi connectivity index (χ2v) is 7.23. The molecule has 0 bridgehead atoms. The van der Waals surface area contributed by atoms with Crippen LogP contribution in [0.15, 0.2) is 11.1 Å². The van der Waals surface area contributed by atoms with Crippen molar-refractivity contribution in [1.29, 1.82) is 0 Å². The second kappa shape index (κ2) is 7.30. The van der Waals surface area contributed by atoms with Crippen LogP contribution in [0.3, 0.4) is 0 Å². The van der Waals surface area contributed by atoms with Gasteiger partial charge in [0.25, 0.3) is 0 Å². The summed E-state index contributed by atoms with van der Waals surface area (Å²) >= 11 is 0. The zero-order chi connectivity index (χ0) is 16.3. The molecule has 0 saturated heterocycles. The van der Waals surface area contributed by atoms with Gasteiger partial charge in [0.15, 0.2) is 0 Å². The van der Waals surface area contributed by atoms with E-state index in [1.165, 1.54) is 0 Å². The highest BCUT2D eigenvalue weighted by Crippen LogP contribution is 2.34. The van der Waals surface area contributed by atoms with E-state index in [0.29, 0.717) is 31.3 Å². The number of rotatable bonds is 4. The van der Waals surface area contributed by atoms with Gasteiger partial charge in [0.2, 0.25) is 0 Å². The van der Waals surface area contributed by atoms with Crippen molar-refractivity contribution in [2.45, 2.75) is 59.3 Å². The normalized spacial score (nSPS) is 32.7. The van der Waals surface area contributed by atoms with E-state index in [9.17, 15) is 9.59 Å². The summed E-state index contributed by atoms with van der Waals surface area (Å²) in [5.74, 6) is 0.251. The van der Waals surface area contributed by atoms with Crippen molar-refractivity contribution in [3.8, 4) is 0 Å². The fraction of sp³-hybridized carbons (Fsp3) is 0.778. The zero-order valence-electron chi connectivity index (χ0n) is 13.9. The molecule has 22 heavy (non-hydrogen) atoms. The fourth-order valence-corrected chi connectivity index (χ4v) is 3.62. The predicted octanol–water partition coefficient (Wildman–Crippen LogP) is 3.80. The van der Waals surface area contributed by atoms with Gasteiger partial charge in [0, 0.05) is 0 Å². The number of esters is 1. The lowest BCUT2D eigenvalue weighted by atomic mass is 9.76. The Kier molecular flexibility index (Phi) is 5.65. The summed E-state index contributed by atoms with van der Waals surface area (Å²) in [5.41, 5.74) is 2.19. The molecule has 1 fully saturated rings. The van der Waals surface area contributed by atoms with Gasteiger partial charge in [-0.2, -0.15) is 0 Å². The van der Waals surface area contributed by atoms with Crippen LogP contribution < -0.4 is 0 Å². The number of aliphatic carboxylic acids is 1. The molecular weight excluding hydrogens is 280 g/mol. The Morgan fingerprint density at radius 3 is 2.45 bits per heavy atom. The molecule has 124 valence electrons. The summed E-state index contributed by atoms with van der Waals surface area (Å²) in [6.45, 7) is 6.77. The molecule has 0 spiro atoms. The minimum atomic E-state index is -0.722. The first-order valence-electron chi connectivity index (χ1n) is 8.45. The Morgan fingerprint density at radius 1 is 1.14 bits per heavy atom. The molecule has 4 unspecified atom stereocenters. The van der Waals surface area contributed by atoms with Gasteiger partial charge in [-0.15, -0.1) is 0 Å². The number of ether oxygens (including phenoxy) is 1. The number of carbonyl (C=O) groups excluding carboxylic acids is 1. The zero-order valence-corrected chi connectivity index (χ0v) is 13.9. The van der Waals surface area contributed by atoms with Crippen LogP contribution in [0.1, 0.15) is 59.3 Å². The molecule has 2 rings (SSSR count). The standard InChI is InChI=1S/C18H28O4/c1-11-4-5-15(8-12(11)2)18(21)22-10-16-7-6-14(17(19)20)9-13(16)3/h11-12,14-15H,4-10H2,1-3H3,(H,19,20). The highest BCUT2D eigenvalue weighted by Gasteiger charge is 2.31. The van der Waals surface area contributed by atoms with E-state index in [0.717, 1.165) is 36.8 Å². The summed E-state index contributed by atoms with van der Waals surface area (Å²) < 4.78 is 5.53. The molecule has 0 aromatic rings. The molecule has 4 heteroatoms. The van der Waals surface area contributed by atoms with Gasteiger partial charge < -0.3 is 9.84 Å². The smallest absolute Gasteiger partial charge is 0.309 e. The first kappa shape index (κ1) is 17.0. The van der Waals surface area contributed by atoms with Crippen molar-refractivity contribution in [3.05, 3.63) is 11.1 Å². The van der Waals surface area contributed by atoms with Crippen LogP contribution in [0.4, 0.5) is 0 Å². The summed E-state index contributed by atoms with van der Waals surface area (Å²) in [6, 6.07) is 0. The Morgan fingerprint density at radius 2 is 1.86 bits per heavy atom. The SMILES string of the molecule is CC1=C(COC(=O)C2CCC(C)C(C)C2)CCC(C(=O)O)C1. The Bertz CT molecular complexity index is 466. The first-order valence-corrected chi connectivity index (χ1v) is 8.45. The topological polar surface area (TPSA) is 63.6 Å². The van der Waals surface area contributed by atoms with E-state index in [1.807, 2.05) is 6.92 Å². The van der Waals surface area contributed by atoms with E-state index >= 15 is 0 Å². The van der Waals surface area contributed by atoms with Gasteiger partial charge in [0.1, 0.15) is 6.61 Å². The van der Waals surface area contributed by atoms with Gasteiger partial charge in [-0.3, -0.25) is 9.59 Å². The molecule has 4 atom stereocenters. The van der Waals surface area contributed by atoms with Crippen molar-refractivity contribution in [2.75, 3.05) is 6.61 Å². The number of carboxylic acids is 1. The Labute approximate surface area is 132 Å². The van der Waals surface area contributed by atoms with Crippen LogP contribution in [-0.2, 0) is 14.3 Å². The monoisotopic (exact) mass is 308 g/mol. The van der Waals surface area contributed by atoms with Crippen LogP contribution in [0.5, 0.6) is 0 Å². The van der Waals surface area contributed by atoms with Gasteiger partial charge in [-0.25, -0.2) is 0 Å². The summed E-state index contributed by atoms with van der Waals surface area (Å²) in [7, 11) is 0. The van der Waals surface area contributed by atoms with Crippen LogP contribution >= 0.6 is 0 Å². The summed E-state index contributed by atoms with van der Waals surface area (Å²) in [5, 5.41) is 9.07. The second-order valence-electron chi connectivity index (χ2n) is 7.23. The van der Waals surface area contributed by atoms with Gasteiger partial charge >= 0.3 is 11.9 Å². The molecule has 2 aliphatic carbocycles. The third-order valence-electron chi connectivity index (χ3n) is 5.62. The Hall–Kier alpha value is -1.32. The average Bonchev–Trinajstić information content (AvgIpc) is 2.48. The molecule has 0 heterocycles. The minimum Gasteiger partial charge on any atom is -0.481 e. The highest BCUT2D eigenvalue weighted by molar-refractivity contribution is 5.73. The molecule has 0 aromatic heterocycles. The number of carboxylic acid groups (broad SMARTS) is 1. The van der Waals surface area contributed by atoms with Gasteiger partial charge in [0.05, 0.1) is 11.8 Å².